The van der Waals surface area contributed by atoms with Crippen LogP contribution in [0.15, 0.2) is 0 Å². The maximum Gasteiger partial charge on any atom is 0.0866 e. The minimum absolute atomic E-state index is 0. The molecule has 0 saturated carbocycles. The van der Waals surface area contributed by atoms with Crippen molar-refractivity contribution >= 4 is 11.8 Å². The number of rotatable bonds is 0. The van der Waals surface area contributed by atoms with E-state index in [4.69, 9.17) is 0 Å². The molecule has 0 aromatic heterocycles. The smallest absolute Gasteiger partial charge is 0.0866 e. The standard InChI is InChI=1S/C5H7NO2.2V/c1-4(7)6(3)5(2)8;;/h1-2H2,3H3;;/q-2;;. The molecule has 0 aliphatic heterocycles. The first kappa shape index (κ1) is 16.6. The molecule has 0 aromatic carbocycles. The van der Waals surface area contributed by atoms with E-state index in [1.165, 1.54) is 7.05 Å². The average molecular weight is 215 g/mol. The Morgan fingerprint density at radius 3 is 1.30 bits per heavy atom. The van der Waals surface area contributed by atoms with Crippen LogP contribution in [0.2, 0.25) is 0 Å². The maximum absolute atomic E-state index is 10.1. The Hall–Kier alpha value is 0.0488. The van der Waals surface area contributed by atoms with Gasteiger partial charge in [-0.2, -0.15) is 0 Å². The van der Waals surface area contributed by atoms with Gasteiger partial charge >= 0.3 is 0 Å². The first-order valence-corrected chi connectivity index (χ1v) is 2.01. The first-order valence-electron chi connectivity index (χ1n) is 2.01. The van der Waals surface area contributed by atoms with E-state index >= 15 is 0 Å². The fourth-order valence-electron chi connectivity index (χ4n) is 0.139. The summed E-state index contributed by atoms with van der Waals surface area (Å²) in [7, 11) is 1.32. The largest absolute Gasteiger partial charge is 0.337 e. The summed E-state index contributed by atoms with van der Waals surface area (Å²) in [5.41, 5.74) is 0. The van der Waals surface area contributed by atoms with Crippen molar-refractivity contribution in [3.63, 3.8) is 0 Å². The number of nitrogens with zero attached hydrogens (tertiary/aromatic N) is 1. The van der Waals surface area contributed by atoms with Crippen LogP contribution in [0.4, 0.5) is 0 Å². The summed E-state index contributed by atoms with van der Waals surface area (Å²) in [5.74, 6) is -1.07. The van der Waals surface area contributed by atoms with Crippen LogP contribution >= 0.6 is 0 Å². The van der Waals surface area contributed by atoms with Crippen LogP contribution in [0.3, 0.4) is 0 Å². The van der Waals surface area contributed by atoms with Crippen molar-refractivity contribution in [3.05, 3.63) is 13.8 Å². The number of hydrogen-bond acceptors (Lipinski definition) is 2. The summed E-state index contributed by atoms with van der Waals surface area (Å²) in [6.45, 7) is 5.97. The minimum Gasteiger partial charge on any atom is -0.337 e. The van der Waals surface area contributed by atoms with E-state index in [1.54, 1.807) is 0 Å². The van der Waals surface area contributed by atoms with Gasteiger partial charge in [-0.05, 0) is 0 Å². The molecular weight excluding hydrogens is 208 g/mol. The van der Waals surface area contributed by atoms with Crippen molar-refractivity contribution in [1.29, 1.82) is 0 Å². The Morgan fingerprint density at radius 2 is 1.30 bits per heavy atom. The average Bonchev–Trinajstić information content (AvgIpc) is 1.64. The van der Waals surface area contributed by atoms with E-state index in [2.05, 4.69) is 13.8 Å². The third kappa shape index (κ3) is 6.17. The van der Waals surface area contributed by atoms with E-state index < -0.39 is 11.8 Å². The van der Waals surface area contributed by atoms with Crippen LogP contribution in [-0.2, 0) is 46.7 Å². The van der Waals surface area contributed by atoms with Crippen LogP contribution in [0, 0.1) is 13.8 Å². The van der Waals surface area contributed by atoms with Crippen molar-refractivity contribution in [2.45, 2.75) is 0 Å². The van der Waals surface area contributed by atoms with Gasteiger partial charge in [-0.15, -0.1) is 0 Å². The first-order chi connectivity index (χ1) is 3.55. The summed E-state index contributed by atoms with van der Waals surface area (Å²) in [6.07, 6.45) is 0. The van der Waals surface area contributed by atoms with Gasteiger partial charge in [0.15, 0.2) is 0 Å². The zero-order valence-electron chi connectivity index (χ0n) is 5.57. The molecule has 2 amide bonds. The fourth-order valence-corrected chi connectivity index (χ4v) is 0.139. The van der Waals surface area contributed by atoms with E-state index in [0.717, 1.165) is 4.90 Å². The quantitative estimate of drug-likeness (QED) is 0.517. The molecule has 0 heterocycles. The van der Waals surface area contributed by atoms with Gasteiger partial charge in [0.2, 0.25) is 0 Å². The molecular formula is C5H7NO2V2-2. The van der Waals surface area contributed by atoms with Crippen molar-refractivity contribution in [2.24, 2.45) is 0 Å². The topological polar surface area (TPSA) is 37.4 Å². The molecule has 0 aliphatic carbocycles. The van der Waals surface area contributed by atoms with Gasteiger partial charge in [0.1, 0.15) is 0 Å². The number of carbonyl (C=O) groups is 2. The van der Waals surface area contributed by atoms with E-state index in [-0.39, 0.29) is 37.1 Å². The molecule has 0 saturated heterocycles. The zero-order chi connectivity index (χ0) is 6.73. The van der Waals surface area contributed by atoms with Crippen LogP contribution in [0.5, 0.6) is 0 Å². The number of imide groups is 1. The molecule has 0 aromatic rings. The predicted molar refractivity (Wildman–Crippen MR) is 28.5 cm³/mol. The summed E-state index contributed by atoms with van der Waals surface area (Å²) in [5, 5.41) is 0. The van der Waals surface area contributed by atoms with Crippen molar-refractivity contribution in [3.8, 4) is 0 Å². The van der Waals surface area contributed by atoms with E-state index in [1.807, 2.05) is 0 Å². The van der Waals surface area contributed by atoms with Crippen LogP contribution in [0.25, 0.3) is 0 Å². The third-order valence-corrected chi connectivity index (χ3v) is 0.748. The Labute approximate surface area is 84.3 Å². The molecule has 0 aliphatic rings. The van der Waals surface area contributed by atoms with Crippen molar-refractivity contribution < 1.29 is 46.7 Å². The second-order valence-electron chi connectivity index (χ2n) is 1.35. The molecule has 0 atom stereocenters. The Kier molecular flexibility index (Phi) is 11.9. The molecule has 0 rings (SSSR count). The maximum atomic E-state index is 10.1. The number of carbonyl (C=O) groups excluding carboxylic acids is 2. The number of amides is 2. The zero-order valence-corrected chi connectivity index (χ0v) is 8.37. The minimum atomic E-state index is -0.537. The summed E-state index contributed by atoms with van der Waals surface area (Å²) >= 11 is 0. The van der Waals surface area contributed by atoms with Gasteiger partial charge < -0.3 is 28.3 Å². The second kappa shape index (κ2) is 7.16. The third-order valence-electron chi connectivity index (χ3n) is 0.748. The van der Waals surface area contributed by atoms with Gasteiger partial charge in [-0.25, -0.2) is 0 Å². The molecule has 10 heavy (non-hydrogen) atoms. The Balaban J connectivity index is -0.000000245. The monoisotopic (exact) mass is 215 g/mol. The SMILES string of the molecule is [CH2-]C(=O)N(C)C([CH2-])=O.[V].[V]. The fraction of sp³-hybridized carbons (Fsp3) is 0.200. The van der Waals surface area contributed by atoms with E-state index in [0.29, 0.717) is 0 Å². The van der Waals surface area contributed by atoms with Gasteiger partial charge in [0.05, 0.1) is 11.8 Å². The Morgan fingerprint density at radius 1 is 1.10 bits per heavy atom. The van der Waals surface area contributed by atoms with Gasteiger partial charge in [-0.1, -0.05) is 0 Å². The van der Waals surface area contributed by atoms with E-state index in [9.17, 15) is 9.59 Å². The molecule has 5 heteroatoms. The molecule has 0 N–H and O–H groups in total. The van der Waals surface area contributed by atoms with Crippen LogP contribution < -0.4 is 0 Å². The molecule has 0 fully saturated rings. The summed E-state index contributed by atoms with van der Waals surface area (Å²) in [4.78, 5) is 21.1. The normalized spacial score (nSPS) is 6.50. The second-order valence-corrected chi connectivity index (χ2v) is 1.35. The van der Waals surface area contributed by atoms with Crippen LogP contribution in [-0.4, -0.2) is 23.8 Å². The predicted octanol–water partition coefficient (Wildman–Crippen LogP) is -0.365. The molecule has 56 valence electrons. The van der Waals surface area contributed by atoms with Gasteiger partial charge in [-0.3, -0.25) is 0 Å². The summed E-state index contributed by atoms with van der Waals surface area (Å²) in [6, 6.07) is 0. The Bertz CT molecular complexity index is 113. The molecule has 3 nitrogen and oxygen atoms in total. The summed E-state index contributed by atoms with van der Waals surface area (Å²) < 4.78 is 0. The van der Waals surface area contributed by atoms with Crippen molar-refractivity contribution in [2.75, 3.05) is 7.05 Å². The number of hydrogen-bond donors (Lipinski definition) is 0. The molecule has 0 spiro atoms. The van der Waals surface area contributed by atoms with Gasteiger partial charge in [0.25, 0.3) is 0 Å². The van der Waals surface area contributed by atoms with Gasteiger partial charge in [0, 0.05) is 44.2 Å². The molecule has 0 bridgehead atoms. The molecule has 0 unspecified atom stereocenters. The van der Waals surface area contributed by atoms with Crippen molar-refractivity contribution in [1.82, 2.24) is 4.90 Å². The molecule has 2 radical (unpaired) electrons. The van der Waals surface area contributed by atoms with Crippen LogP contribution in [0.1, 0.15) is 0 Å².